The molecule has 2 aliphatic rings. The van der Waals surface area contributed by atoms with Crippen molar-refractivity contribution >= 4 is 22.7 Å². The average molecular weight is 365 g/mol. The van der Waals surface area contributed by atoms with E-state index >= 15 is 0 Å². The summed E-state index contributed by atoms with van der Waals surface area (Å²) in [7, 11) is 0. The minimum Gasteiger partial charge on any atom is -0.397 e. The van der Waals surface area contributed by atoms with Gasteiger partial charge in [-0.05, 0) is 83.0 Å². The maximum Gasteiger partial charge on any atom is 0.0551 e. The molecular formula is C23H32N4. The fraction of sp³-hybridized carbons (Fsp3) is 0.478. The molecule has 4 rings (SSSR count). The summed E-state index contributed by atoms with van der Waals surface area (Å²) in [5.74, 6) is 0. The molecule has 0 amide bonds. The van der Waals surface area contributed by atoms with Crippen molar-refractivity contribution in [3.05, 3.63) is 46.5 Å². The van der Waals surface area contributed by atoms with E-state index in [2.05, 4.69) is 52.0 Å². The van der Waals surface area contributed by atoms with Crippen molar-refractivity contribution in [1.82, 2.24) is 0 Å². The van der Waals surface area contributed by atoms with E-state index in [1.807, 2.05) is 0 Å². The van der Waals surface area contributed by atoms with Gasteiger partial charge in [-0.15, -0.1) is 0 Å². The van der Waals surface area contributed by atoms with Crippen molar-refractivity contribution in [2.24, 2.45) is 0 Å². The van der Waals surface area contributed by atoms with Crippen molar-refractivity contribution in [2.75, 3.05) is 22.9 Å². The first-order valence-electron chi connectivity index (χ1n) is 9.88. The van der Waals surface area contributed by atoms with Crippen LogP contribution in [0.3, 0.4) is 0 Å². The van der Waals surface area contributed by atoms with E-state index in [1.165, 1.54) is 22.3 Å². The van der Waals surface area contributed by atoms with Crippen LogP contribution in [0.2, 0.25) is 0 Å². The predicted molar refractivity (Wildman–Crippen MR) is 116 cm³/mol. The summed E-state index contributed by atoms with van der Waals surface area (Å²) in [6.07, 6.45) is 4.38. The Morgan fingerprint density at radius 1 is 0.519 bits per heavy atom. The summed E-state index contributed by atoms with van der Waals surface area (Å²) >= 11 is 0. The molecule has 144 valence electrons. The van der Waals surface area contributed by atoms with E-state index in [0.717, 1.165) is 25.7 Å². The van der Waals surface area contributed by atoms with Crippen LogP contribution in [0.15, 0.2) is 24.3 Å². The van der Waals surface area contributed by atoms with Crippen LogP contribution in [-0.4, -0.2) is 0 Å². The second-order valence-electron chi connectivity index (χ2n) is 9.90. The number of hydrogen-bond donors (Lipinski definition) is 4. The Bertz CT molecular complexity index is 862. The number of rotatable bonds is 0. The first-order chi connectivity index (χ1) is 12.5. The first kappa shape index (κ1) is 18.0. The molecule has 0 fully saturated rings. The standard InChI is InChI=1S/C23H32N4/c1-21(2)5-7-23(15-11-19(26)17(24)9-13(15)21)8-6-22(3,4)14-10-18(25)20(27)12-16(14)23/h9-12H,5-8,24-27H2,1-4H3. The Hall–Kier alpha value is -2.36. The molecule has 0 unspecified atom stereocenters. The third-order valence-corrected chi connectivity index (χ3v) is 7.29. The fourth-order valence-electron chi connectivity index (χ4n) is 5.31. The van der Waals surface area contributed by atoms with Crippen LogP contribution in [-0.2, 0) is 16.2 Å². The molecule has 0 bridgehead atoms. The van der Waals surface area contributed by atoms with Gasteiger partial charge in [0, 0.05) is 5.41 Å². The summed E-state index contributed by atoms with van der Waals surface area (Å²) in [5, 5.41) is 0. The zero-order valence-corrected chi connectivity index (χ0v) is 16.9. The van der Waals surface area contributed by atoms with Gasteiger partial charge in [-0.1, -0.05) is 27.7 Å². The lowest BCUT2D eigenvalue weighted by atomic mass is 9.52. The summed E-state index contributed by atoms with van der Waals surface area (Å²) in [5.41, 5.74) is 33.0. The van der Waals surface area contributed by atoms with Gasteiger partial charge in [0.1, 0.15) is 0 Å². The Kier molecular flexibility index (Phi) is 3.56. The van der Waals surface area contributed by atoms with Gasteiger partial charge in [-0.25, -0.2) is 0 Å². The number of benzene rings is 2. The molecule has 0 saturated heterocycles. The molecule has 2 aromatic carbocycles. The highest BCUT2D eigenvalue weighted by Gasteiger charge is 2.49. The van der Waals surface area contributed by atoms with Gasteiger partial charge < -0.3 is 22.9 Å². The van der Waals surface area contributed by atoms with Gasteiger partial charge in [-0.3, -0.25) is 0 Å². The predicted octanol–water partition coefficient (Wildman–Crippen LogP) is 4.44. The van der Waals surface area contributed by atoms with Crippen LogP contribution in [0.1, 0.15) is 75.6 Å². The first-order valence-corrected chi connectivity index (χ1v) is 9.88. The minimum absolute atomic E-state index is 0.0701. The molecule has 0 aromatic heterocycles. The number of hydrogen-bond acceptors (Lipinski definition) is 4. The summed E-state index contributed by atoms with van der Waals surface area (Å²) in [4.78, 5) is 0. The van der Waals surface area contributed by atoms with E-state index in [4.69, 9.17) is 22.9 Å². The smallest absolute Gasteiger partial charge is 0.0551 e. The molecule has 0 aliphatic heterocycles. The number of nitrogens with two attached hydrogens (primary N) is 4. The van der Waals surface area contributed by atoms with E-state index in [9.17, 15) is 0 Å². The van der Waals surface area contributed by atoms with E-state index in [0.29, 0.717) is 22.7 Å². The third kappa shape index (κ3) is 2.42. The van der Waals surface area contributed by atoms with Gasteiger partial charge in [0.15, 0.2) is 0 Å². The van der Waals surface area contributed by atoms with Gasteiger partial charge in [0.2, 0.25) is 0 Å². The van der Waals surface area contributed by atoms with Gasteiger partial charge >= 0.3 is 0 Å². The molecule has 27 heavy (non-hydrogen) atoms. The Morgan fingerprint density at radius 2 is 0.815 bits per heavy atom. The van der Waals surface area contributed by atoms with Gasteiger partial charge in [0.05, 0.1) is 22.7 Å². The summed E-state index contributed by atoms with van der Waals surface area (Å²) in [6, 6.07) is 8.46. The maximum absolute atomic E-state index is 6.28. The van der Waals surface area contributed by atoms with Crippen LogP contribution in [0.4, 0.5) is 22.7 Å². The molecular weight excluding hydrogens is 332 g/mol. The van der Waals surface area contributed by atoms with E-state index in [-0.39, 0.29) is 16.2 Å². The fourth-order valence-corrected chi connectivity index (χ4v) is 5.31. The number of anilines is 4. The Morgan fingerprint density at radius 3 is 1.15 bits per heavy atom. The minimum atomic E-state index is -0.0701. The second kappa shape index (κ2) is 5.34. The van der Waals surface area contributed by atoms with Crippen molar-refractivity contribution < 1.29 is 0 Å². The van der Waals surface area contributed by atoms with Crippen LogP contribution in [0.5, 0.6) is 0 Å². The molecule has 4 nitrogen and oxygen atoms in total. The Labute approximate surface area is 162 Å². The van der Waals surface area contributed by atoms with E-state index in [1.54, 1.807) is 0 Å². The highest BCUT2D eigenvalue weighted by Crippen LogP contribution is 2.58. The normalized spacial score (nSPS) is 21.5. The summed E-state index contributed by atoms with van der Waals surface area (Å²) < 4.78 is 0. The molecule has 8 N–H and O–H groups in total. The zero-order chi connectivity index (χ0) is 19.8. The molecule has 2 aromatic rings. The quantitative estimate of drug-likeness (QED) is 0.519. The van der Waals surface area contributed by atoms with Crippen LogP contribution in [0.25, 0.3) is 0 Å². The largest absolute Gasteiger partial charge is 0.397 e. The monoisotopic (exact) mass is 364 g/mol. The molecule has 0 atom stereocenters. The highest BCUT2D eigenvalue weighted by atomic mass is 14.7. The molecule has 0 radical (unpaired) electrons. The van der Waals surface area contributed by atoms with Crippen molar-refractivity contribution in [3.63, 3.8) is 0 Å². The highest BCUT2D eigenvalue weighted by molar-refractivity contribution is 5.73. The van der Waals surface area contributed by atoms with E-state index < -0.39 is 0 Å². The Balaban J connectivity index is 2.06. The lowest BCUT2D eigenvalue weighted by Gasteiger charge is -2.52. The van der Waals surface area contributed by atoms with Crippen molar-refractivity contribution in [2.45, 2.75) is 69.6 Å². The van der Waals surface area contributed by atoms with Crippen LogP contribution < -0.4 is 22.9 Å². The SMILES string of the molecule is CC1(C)CCC2(CCC(C)(C)c3cc(N)c(N)cc32)c2cc(N)c(N)cc21. The summed E-state index contributed by atoms with van der Waals surface area (Å²) in [6.45, 7) is 9.22. The topological polar surface area (TPSA) is 104 Å². The second-order valence-corrected chi connectivity index (χ2v) is 9.90. The van der Waals surface area contributed by atoms with Gasteiger partial charge in [0.25, 0.3) is 0 Å². The molecule has 2 aliphatic carbocycles. The number of fused-ring (bicyclic) bond motifs is 4. The van der Waals surface area contributed by atoms with Crippen molar-refractivity contribution in [1.29, 1.82) is 0 Å². The third-order valence-electron chi connectivity index (χ3n) is 7.29. The lowest BCUT2D eigenvalue weighted by molar-refractivity contribution is 0.266. The molecule has 0 heterocycles. The molecule has 0 saturated carbocycles. The zero-order valence-electron chi connectivity index (χ0n) is 16.9. The van der Waals surface area contributed by atoms with Crippen LogP contribution >= 0.6 is 0 Å². The van der Waals surface area contributed by atoms with Crippen LogP contribution in [0, 0.1) is 0 Å². The average Bonchev–Trinajstić information content (AvgIpc) is 2.58. The lowest BCUT2D eigenvalue weighted by Crippen LogP contribution is -2.44. The molecule has 4 heteroatoms. The maximum atomic E-state index is 6.28. The number of nitrogen functional groups attached to an aromatic ring is 4. The molecule has 1 spiro atoms. The van der Waals surface area contributed by atoms with Crippen molar-refractivity contribution in [3.8, 4) is 0 Å². The van der Waals surface area contributed by atoms with Gasteiger partial charge in [-0.2, -0.15) is 0 Å².